The first-order valence-electron chi connectivity index (χ1n) is 8.69. The van der Waals surface area contributed by atoms with Crippen LogP contribution in [0.15, 0.2) is 36.4 Å². The van der Waals surface area contributed by atoms with Crippen LogP contribution in [0.25, 0.3) is 0 Å². The van der Waals surface area contributed by atoms with E-state index in [-0.39, 0.29) is 12.5 Å². The highest BCUT2D eigenvalue weighted by molar-refractivity contribution is 5.73. The molecule has 0 saturated heterocycles. The van der Waals surface area contributed by atoms with E-state index in [2.05, 4.69) is 10.3 Å². The molecule has 0 fully saturated rings. The Morgan fingerprint density at radius 2 is 1.93 bits per heavy atom. The molecule has 1 aliphatic heterocycles. The minimum Gasteiger partial charge on any atom is -0.469 e. The number of amides is 1. The van der Waals surface area contributed by atoms with Crippen molar-refractivity contribution in [1.82, 2.24) is 10.3 Å². The minimum absolute atomic E-state index is 0.189. The third-order valence-corrected chi connectivity index (χ3v) is 4.32. The van der Waals surface area contributed by atoms with E-state index in [1.165, 1.54) is 19.1 Å². The van der Waals surface area contributed by atoms with Gasteiger partial charge in [-0.2, -0.15) is 18.2 Å². The van der Waals surface area contributed by atoms with Crippen LogP contribution in [0.1, 0.15) is 12.5 Å². The summed E-state index contributed by atoms with van der Waals surface area (Å²) in [5, 5.41) is 2.71. The van der Waals surface area contributed by atoms with Crippen molar-refractivity contribution >= 4 is 23.1 Å². The van der Waals surface area contributed by atoms with E-state index >= 15 is 0 Å². The number of nitrogens with one attached hydrogen (secondary N) is 1. The van der Waals surface area contributed by atoms with Crippen LogP contribution >= 0.6 is 0 Å². The third kappa shape index (κ3) is 4.29. The van der Waals surface area contributed by atoms with Gasteiger partial charge in [-0.25, -0.2) is 0 Å². The Balaban J connectivity index is 1.95. The van der Waals surface area contributed by atoms with E-state index < -0.39 is 17.8 Å². The van der Waals surface area contributed by atoms with E-state index in [1.807, 2.05) is 36.0 Å². The summed E-state index contributed by atoms with van der Waals surface area (Å²) in [5.41, 5.74) is 0.537. The molecule has 1 aromatic heterocycles. The molecule has 1 amide bonds. The highest BCUT2D eigenvalue weighted by Crippen LogP contribution is 2.39. The van der Waals surface area contributed by atoms with Gasteiger partial charge in [0.15, 0.2) is 0 Å². The van der Waals surface area contributed by atoms with Crippen LogP contribution in [-0.4, -0.2) is 44.2 Å². The van der Waals surface area contributed by atoms with Crippen LogP contribution in [0.3, 0.4) is 0 Å². The molecule has 28 heavy (non-hydrogen) atoms. The molecule has 2 aromatic rings. The Morgan fingerprint density at radius 1 is 1.25 bits per heavy atom. The SMILES string of the molecule is CC(=O)NCC1CN(c2ccc(C(F)(F)F)cc2)c2ccc(N(C)C)nc2O1. The number of fused-ring (bicyclic) bond motifs is 1. The summed E-state index contributed by atoms with van der Waals surface area (Å²) in [5.74, 6) is 0.865. The van der Waals surface area contributed by atoms with Gasteiger partial charge < -0.3 is 19.9 Å². The molecule has 0 spiro atoms. The number of ether oxygens (including phenoxy) is 1. The maximum Gasteiger partial charge on any atom is 0.416 e. The highest BCUT2D eigenvalue weighted by atomic mass is 19.4. The minimum atomic E-state index is -4.39. The second-order valence-corrected chi connectivity index (χ2v) is 6.72. The molecule has 0 aliphatic carbocycles. The lowest BCUT2D eigenvalue weighted by molar-refractivity contribution is -0.137. The molecule has 1 N–H and O–H groups in total. The molecular formula is C19H21F3N4O2. The number of benzene rings is 1. The average molecular weight is 394 g/mol. The van der Waals surface area contributed by atoms with Crippen molar-refractivity contribution in [3.05, 3.63) is 42.0 Å². The summed E-state index contributed by atoms with van der Waals surface area (Å²) in [6.07, 6.45) is -4.79. The number of halogens is 3. The van der Waals surface area contributed by atoms with Crippen molar-refractivity contribution in [3.8, 4) is 5.88 Å². The number of pyridine rings is 1. The predicted octanol–water partition coefficient (Wildman–Crippen LogP) is 3.20. The van der Waals surface area contributed by atoms with Crippen LogP contribution in [0.5, 0.6) is 5.88 Å². The normalized spacial score (nSPS) is 16.2. The van der Waals surface area contributed by atoms with Gasteiger partial charge in [0.05, 0.1) is 18.7 Å². The van der Waals surface area contributed by atoms with Gasteiger partial charge in [-0.1, -0.05) is 0 Å². The van der Waals surface area contributed by atoms with Crippen molar-refractivity contribution in [2.24, 2.45) is 0 Å². The van der Waals surface area contributed by atoms with Gasteiger partial charge in [0, 0.05) is 26.7 Å². The smallest absolute Gasteiger partial charge is 0.416 e. The zero-order chi connectivity index (χ0) is 20.5. The van der Waals surface area contributed by atoms with Crippen molar-refractivity contribution in [3.63, 3.8) is 0 Å². The summed E-state index contributed by atoms with van der Waals surface area (Å²) in [4.78, 5) is 19.4. The van der Waals surface area contributed by atoms with Gasteiger partial charge in [-0.05, 0) is 36.4 Å². The molecule has 3 rings (SSSR count). The molecule has 0 bridgehead atoms. The molecule has 0 saturated carbocycles. The third-order valence-electron chi connectivity index (χ3n) is 4.32. The van der Waals surface area contributed by atoms with E-state index in [4.69, 9.17) is 4.74 Å². The maximum absolute atomic E-state index is 12.9. The Kier molecular flexibility index (Phi) is 5.35. The molecule has 1 unspecified atom stereocenters. The number of aromatic nitrogens is 1. The van der Waals surface area contributed by atoms with Gasteiger partial charge in [0.1, 0.15) is 17.6 Å². The Labute approximate surface area is 160 Å². The molecule has 2 heterocycles. The summed E-state index contributed by atoms with van der Waals surface area (Å²) >= 11 is 0. The summed E-state index contributed by atoms with van der Waals surface area (Å²) in [6.45, 7) is 2.04. The lowest BCUT2D eigenvalue weighted by atomic mass is 10.1. The fraction of sp³-hybridized carbons (Fsp3) is 0.368. The molecule has 0 radical (unpaired) electrons. The van der Waals surface area contributed by atoms with E-state index in [0.717, 1.165) is 12.1 Å². The largest absolute Gasteiger partial charge is 0.469 e. The first kappa shape index (κ1) is 19.8. The fourth-order valence-electron chi connectivity index (χ4n) is 2.90. The monoisotopic (exact) mass is 394 g/mol. The zero-order valence-corrected chi connectivity index (χ0v) is 15.7. The number of anilines is 3. The average Bonchev–Trinajstić information content (AvgIpc) is 2.64. The second kappa shape index (κ2) is 7.57. The lowest BCUT2D eigenvalue weighted by Crippen LogP contribution is -2.44. The Morgan fingerprint density at radius 3 is 2.50 bits per heavy atom. The van der Waals surface area contributed by atoms with E-state index in [9.17, 15) is 18.0 Å². The van der Waals surface area contributed by atoms with Crippen molar-refractivity contribution in [1.29, 1.82) is 0 Å². The fourth-order valence-corrected chi connectivity index (χ4v) is 2.90. The molecular weight excluding hydrogens is 373 g/mol. The molecule has 150 valence electrons. The number of rotatable bonds is 4. The Hall–Kier alpha value is -2.97. The maximum atomic E-state index is 12.9. The van der Waals surface area contributed by atoms with Crippen molar-refractivity contribution in [2.75, 3.05) is 37.0 Å². The quantitative estimate of drug-likeness (QED) is 0.863. The molecule has 1 atom stereocenters. The van der Waals surface area contributed by atoms with Crippen LogP contribution in [0, 0.1) is 0 Å². The Bertz CT molecular complexity index is 853. The van der Waals surface area contributed by atoms with E-state index in [0.29, 0.717) is 29.6 Å². The van der Waals surface area contributed by atoms with Gasteiger partial charge in [0.2, 0.25) is 11.8 Å². The van der Waals surface area contributed by atoms with Crippen molar-refractivity contribution in [2.45, 2.75) is 19.2 Å². The lowest BCUT2D eigenvalue weighted by Gasteiger charge is -2.36. The van der Waals surface area contributed by atoms with Crippen LogP contribution in [0.4, 0.5) is 30.4 Å². The summed E-state index contributed by atoms with van der Waals surface area (Å²) in [7, 11) is 3.69. The van der Waals surface area contributed by atoms with E-state index in [1.54, 1.807) is 0 Å². The molecule has 9 heteroatoms. The standard InChI is InChI=1S/C19H21F3N4O2/c1-12(27)23-10-15-11-26(14-6-4-13(5-7-14)19(20,21)22)16-8-9-17(25(2)3)24-18(16)28-15/h4-9,15H,10-11H2,1-3H3,(H,23,27). The number of hydrogen-bond donors (Lipinski definition) is 1. The molecule has 1 aliphatic rings. The predicted molar refractivity (Wildman–Crippen MR) is 100 cm³/mol. The van der Waals surface area contributed by atoms with Crippen molar-refractivity contribution < 1.29 is 22.7 Å². The summed E-state index contributed by atoms with van der Waals surface area (Å²) < 4.78 is 44.5. The first-order chi connectivity index (χ1) is 13.1. The van der Waals surface area contributed by atoms with Gasteiger partial charge in [0.25, 0.3) is 0 Å². The number of carbonyl (C=O) groups excluding carboxylic acids is 1. The second-order valence-electron chi connectivity index (χ2n) is 6.72. The number of hydrogen-bond acceptors (Lipinski definition) is 5. The molecule has 1 aromatic carbocycles. The number of nitrogens with zero attached hydrogens (tertiary/aromatic N) is 3. The van der Waals surface area contributed by atoms with Gasteiger partial charge in [-0.15, -0.1) is 0 Å². The first-order valence-corrected chi connectivity index (χ1v) is 8.69. The van der Waals surface area contributed by atoms with Crippen LogP contribution in [-0.2, 0) is 11.0 Å². The topological polar surface area (TPSA) is 57.7 Å². The number of alkyl halides is 3. The van der Waals surface area contributed by atoms with Crippen LogP contribution in [0.2, 0.25) is 0 Å². The van der Waals surface area contributed by atoms with Gasteiger partial charge >= 0.3 is 6.18 Å². The summed E-state index contributed by atoms with van der Waals surface area (Å²) in [6, 6.07) is 8.59. The zero-order valence-electron chi connectivity index (χ0n) is 15.7. The van der Waals surface area contributed by atoms with Crippen LogP contribution < -0.4 is 19.9 Å². The number of carbonyl (C=O) groups is 1. The van der Waals surface area contributed by atoms with Gasteiger partial charge in [-0.3, -0.25) is 4.79 Å². The molecule has 6 nitrogen and oxygen atoms in total. The highest BCUT2D eigenvalue weighted by Gasteiger charge is 2.32.